The van der Waals surface area contributed by atoms with E-state index in [-0.39, 0.29) is 0 Å². The van der Waals surface area contributed by atoms with E-state index in [1.807, 2.05) is 0 Å². The molecule has 0 heterocycles. The first kappa shape index (κ1) is 6.51. The Morgan fingerprint density at radius 2 is 1.36 bits per heavy atom. The second-order valence-electron chi connectivity index (χ2n) is 5.24. The van der Waals surface area contributed by atoms with E-state index in [9.17, 15) is 0 Å². The number of hydrogen-bond acceptors (Lipinski definition) is 0. The topological polar surface area (TPSA) is 0 Å². The molecule has 0 heteroatoms. The molecular weight excluding hydrogens is 132 g/mol. The highest BCUT2D eigenvalue weighted by Gasteiger charge is 2.50. The SMILES string of the molecule is CC1CC2C3CCC(C3)[C@H]2C1. The minimum absolute atomic E-state index is 1.06. The van der Waals surface area contributed by atoms with Crippen LogP contribution in [0.25, 0.3) is 0 Å². The third kappa shape index (κ3) is 0.761. The lowest BCUT2D eigenvalue weighted by Crippen LogP contribution is -2.15. The van der Waals surface area contributed by atoms with Gasteiger partial charge in [0.25, 0.3) is 0 Å². The van der Waals surface area contributed by atoms with Crippen LogP contribution < -0.4 is 0 Å². The van der Waals surface area contributed by atoms with Gasteiger partial charge in [-0.3, -0.25) is 0 Å². The molecule has 0 aliphatic heterocycles. The zero-order chi connectivity index (χ0) is 7.42. The van der Waals surface area contributed by atoms with Crippen LogP contribution in [0.2, 0.25) is 0 Å². The van der Waals surface area contributed by atoms with Crippen molar-refractivity contribution in [2.24, 2.45) is 29.6 Å². The maximum Gasteiger partial charge on any atom is -0.0352 e. The average molecular weight is 150 g/mol. The summed E-state index contributed by atoms with van der Waals surface area (Å²) in [5.41, 5.74) is 0. The predicted octanol–water partition coefficient (Wildman–Crippen LogP) is 3.08. The summed E-state index contributed by atoms with van der Waals surface area (Å²) in [6.45, 7) is 2.46. The van der Waals surface area contributed by atoms with Crippen molar-refractivity contribution in [3.63, 3.8) is 0 Å². The van der Waals surface area contributed by atoms with Gasteiger partial charge in [0.05, 0.1) is 0 Å². The summed E-state index contributed by atoms with van der Waals surface area (Å²) in [6, 6.07) is 0. The van der Waals surface area contributed by atoms with Gasteiger partial charge in [0.1, 0.15) is 0 Å². The van der Waals surface area contributed by atoms with E-state index in [1.165, 1.54) is 23.7 Å². The van der Waals surface area contributed by atoms with Crippen molar-refractivity contribution in [2.75, 3.05) is 0 Å². The molecule has 11 heavy (non-hydrogen) atoms. The van der Waals surface area contributed by atoms with E-state index >= 15 is 0 Å². The van der Waals surface area contributed by atoms with Gasteiger partial charge in [0, 0.05) is 0 Å². The van der Waals surface area contributed by atoms with Crippen LogP contribution in [0.5, 0.6) is 0 Å². The van der Waals surface area contributed by atoms with Gasteiger partial charge in [-0.2, -0.15) is 0 Å². The molecule has 0 radical (unpaired) electrons. The molecule has 5 atom stereocenters. The van der Waals surface area contributed by atoms with Gasteiger partial charge in [0.15, 0.2) is 0 Å². The fourth-order valence-electron chi connectivity index (χ4n) is 4.29. The lowest BCUT2D eigenvalue weighted by atomic mass is 9.82. The molecule has 0 nitrogen and oxygen atoms in total. The standard InChI is InChI=1S/C11H18/c1-7-4-10-8-2-3-9(6-8)11(10)5-7/h7-11H,2-6H2,1H3/t7?,8?,9?,10-,11?/m1/s1. The molecule has 0 aromatic carbocycles. The van der Waals surface area contributed by atoms with Crippen LogP contribution in [-0.2, 0) is 0 Å². The zero-order valence-corrected chi connectivity index (χ0v) is 7.42. The van der Waals surface area contributed by atoms with Crippen LogP contribution in [0.4, 0.5) is 0 Å². The minimum Gasteiger partial charge on any atom is -0.0625 e. The van der Waals surface area contributed by atoms with Crippen LogP contribution >= 0.6 is 0 Å². The van der Waals surface area contributed by atoms with Gasteiger partial charge in [-0.25, -0.2) is 0 Å². The number of fused-ring (bicyclic) bond motifs is 5. The monoisotopic (exact) mass is 150 g/mol. The molecule has 3 aliphatic carbocycles. The van der Waals surface area contributed by atoms with Crippen molar-refractivity contribution in [3.05, 3.63) is 0 Å². The molecule has 3 fully saturated rings. The first-order chi connectivity index (χ1) is 5.34. The summed E-state index contributed by atoms with van der Waals surface area (Å²) in [4.78, 5) is 0. The molecule has 0 spiro atoms. The summed E-state index contributed by atoms with van der Waals surface area (Å²) < 4.78 is 0. The van der Waals surface area contributed by atoms with Crippen LogP contribution in [0, 0.1) is 29.6 Å². The Bertz CT molecular complexity index is 155. The lowest BCUT2D eigenvalue weighted by Gasteiger charge is -2.23. The van der Waals surface area contributed by atoms with E-state index < -0.39 is 0 Å². The maximum atomic E-state index is 2.46. The molecule has 0 saturated heterocycles. The highest BCUT2D eigenvalue weighted by molar-refractivity contribution is 5.00. The normalized spacial score (nSPS) is 60.3. The van der Waals surface area contributed by atoms with Crippen molar-refractivity contribution < 1.29 is 0 Å². The van der Waals surface area contributed by atoms with Crippen molar-refractivity contribution in [1.82, 2.24) is 0 Å². The highest BCUT2D eigenvalue weighted by Crippen LogP contribution is 2.59. The van der Waals surface area contributed by atoms with Crippen molar-refractivity contribution in [1.29, 1.82) is 0 Å². The molecule has 62 valence electrons. The van der Waals surface area contributed by atoms with Gasteiger partial charge in [-0.1, -0.05) is 6.92 Å². The minimum atomic E-state index is 1.06. The third-order valence-electron chi connectivity index (χ3n) is 4.62. The van der Waals surface area contributed by atoms with Crippen LogP contribution in [-0.4, -0.2) is 0 Å². The van der Waals surface area contributed by atoms with Crippen LogP contribution in [0.3, 0.4) is 0 Å². The quantitative estimate of drug-likeness (QED) is 0.498. The van der Waals surface area contributed by atoms with Crippen molar-refractivity contribution >= 4 is 0 Å². The molecule has 0 N–H and O–H groups in total. The average Bonchev–Trinajstić information content (AvgIpc) is 2.53. The van der Waals surface area contributed by atoms with Gasteiger partial charge in [-0.05, 0) is 61.7 Å². The largest absolute Gasteiger partial charge is 0.0625 e. The van der Waals surface area contributed by atoms with E-state index in [1.54, 1.807) is 32.1 Å². The molecule has 0 aromatic heterocycles. The zero-order valence-electron chi connectivity index (χ0n) is 7.42. The van der Waals surface area contributed by atoms with Gasteiger partial charge in [-0.15, -0.1) is 0 Å². The Labute approximate surface area is 69.4 Å². The maximum absolute atomic E-state index is 2.46. The fourth-order valence-corrected chi connectivity index (χ4v) is 4.29. The van der Waals surface area contributed by atoms with E-state index in [0.29, 0.717) is 0 Å². The van der Waals surface area contributed by atoms with E-state index in [4.69, 9.17) is 0 Å². The van der Waals surface area contributed by atoms with Gasteiger partial charge in [0.2, 0.25) is 0 Å². The lowest BCUT2D eigenvalue weighted by molar-refractivity contribution is 0.259. The molecule has 2 bridgehead atoms. The van der Waals surface area contributed by atoms with Crippen molar-refractivity contribution in [3.8, 4) is 0 Å². The summed E-state index contributed by atoms with van der Waals surface area (Å²) >= 11 is 0. The summed E-state index contributed by atoms with van der Waals surface area (Å²) in [5, 5.41) is 0. The molecule has 3 saturated carbocycles. The predicted molar refractivity (Wildman–Crippen MR) is 46.2 cm³/mol. The van der Waals surface area contributed by atoms with E-state index in [0.717, 1.165) is 5.92 Å². The van der Waals surface area contributed by atoms with Crippen LogP contribution in [0.1, 0.15) is 39.0 Å². The second-order valence-corrected chi connectivity index (χ2v) is 5.24. The summed E-state index contributed by atoms with van der Waals surface area (Å²) in [7, 11) is 0. The van der Waals surface area contributed by atoms with Gasteiger partial charge >= 0.3 is 0 Å². The Morgan fingerprint density at radius 3 is 1.91 bits per heavy atom. The molecular formula is C11H18. The smallest absolute Gasteiger partial charge is 0.0352 e. The first-order valence-electron chi connectivity index (χ1n) is 5.34. The van der Waals surface area contributed by atoms with E-state index in [2.05, 4.69) is 6.92 Å². The first-order valence-corrected chi connectivity index (χ1v) is 5.34. The molecule has 0 amide bonds. The van der Waals surface area contributed by atoms with Crippen LogP contribution in [0.15, 0.2) is 0 Å². The fraction of sp³-hybridized carbons (Fsp3) is 1.00. The Kier molecular flexibility index (Phi) is 1.20. The van der Waals surface area contributed by atoms with Gasteiger partial charge < -0.3 is 0 Å². The summed E-state index contributed by atoms with van der Waals surface area (Å²) in [5.74, 6) is 5.78. The second kappa shape index (κ2) is 2.02. The molecule has 4 unspecified atom stereocenters. The highest BCUT2D eigenvalue weighted by atomic mass is 14.6. The Balaban J connectivity index is 1.87. The Morgan fingerprint density at radius 1 is 0.818 bits per heavy atom. The Hall–Kier alpha value is 0. The number of hydrogen-bond donors (Lipinski definition) is 0. The molecule has 3 aliphatic rings. The third-order valence-corrected chi connectivity index (χ3v) is 4.62. The van der Waals surface area contributed by atoms with Crippen molar-refractivity contribution in [2.45, 2.75) is 39.0 Å². The molecule has 3 rings (SSSR count). The number of rotatable bonds is 0. The molecule has 0 aromatic rings. The summed E-state index contributed by atoms with van der Waals surface area (Å²) in [6.07, 6.45) is 7.93.